The number of carbonyl (C=O) groups excluding carboxylic acids is 2. The molecule has 0 heterocycles. The molecule has 102 valence electrons. The van der Waals surface area contributed by atoms with Crippen molar-refractivity contribution >= 4 is 11.9 Å². The molecule has 0 aromatic heterocycles. The zero-order chi connectivity index (χ0) is 14.2. The second-order valence-electron chi connectivity index (χ2n) is 5.02. The lowest BCUT2D eigenvalue weighted by Crippen LogP contribution is -2.50. The second-order valence-corrected chi connectivity index (χ2v) is 5.02. The molecule has 0 rings (SSSR count). The van der Waals surface area contributed by atoms with Crippen LogP contribution in [0, 0.1) is 0 Å². The van der Waals surface area contributed by atoms with Crippen molar-refractivity contribution in [2.45, 2.75) is 26.3 Å². The van der Waals surface area contributed by atoms with Gasteiger partial charge in [0, 0.05) is 18.6 Å². The highest BCUT2D eigenvalue weighted by molar-refractivity contribution is 5.95. The summed E-state index contributed by atoms with van der Waals surface area (Å²) in [7, 11) is 0. The Morgan fingerprint density at radius 1 is 1.17 bits per heavy atom. The molecule has 0 aliphatic carbocycles. The fraction of sp³-hybridized carbons (Fsp3) is 0.538. The minimum Gasteiger partial charge on any atom is -0.333 e. The molecular formula is C13H23N3O2. The van der Waals surface area contributed by atoms with Gasteiger partial charge in [-0.25, -0.2) is 4.79 Å². The average molecular weight is 253 g/mol. The fourth-order valence-corrected chi connectivity index (χ4v) is 1.31. The van der Waals surface area contributed by atoms with E-state index < -0.39 is 6.03 Å². The van der Waals surface area contributed by atoms with Crippen LogP contribution in [-0.4, -0.2) is 42.0 Å². The third-order valence-electron chi connectivity index (χ3n) is 1.88. The van der Waals surface area contributed by atoms with Gasteiger partial charge in [-0.2, -0.15) is 0 Å². The molecule has 0 aromatic carbocycles. The van der Waals surface area contributed by atoms with Crippen molar-refractivity contribution in [1.82, 2.24) is 15.5 Å². The van der Waals surface area contributed by atoms with Crippen LogP contribution in [0.2, 0.25) is 0 Å². The number of nitrogens with zero attached hydrogens (tertiary/aromatic N) is 1. The van der Waals surface area contributed by atoms with Crippen LogP contribution in [0.15, 0.2) is 25.3 Å². The Hall–Kier alpha value is -1.62. The van der Waals surface area contributed by atoms with E-state index in [4.69, 9.17) is 0 Å². The first-order valence-corrected chi connectivity index (χ1v) is 5.84. The van der Waals surface area contributed by atoms with E-state index in [2.05, 4.69) is 23.8 Å². The number of carbonyl (C=O) groups is 2. The van der Waals surface area contributed by atoms with Crippen molar-refractivity contribution < 1.29 is 9.59 Å². The number of amides is 3. The molecule has 0 saturated carbocycles. The van der Waals surface area contributed by atoms with E-state index in [-0.39, 0.29) is 18.0 Å². The summed E-state index contributed by atoms with van der Waals surface area (Å²) in [5.41, 5.74) is -0.369. The Morgan fingerprint density at radius 2 is 1.67 bits per heavy atom. The number of hydrogen-bond acceptors (Lipinski definition) is 3. The summed E-state index contributed by atoms with van der Waals surface area (Å²) in [5.74, 6) is -0.347. The van der Waals surface area contributed by atoms with Gasteiger partial charge in [-0.3, -0.25) is 15.0 Å². The first-order chi connectivity index (χ1) is 8.28. The minimum atomic E-state index is -0.482. The molecule has 3 amide bonds. The molecule has 2 N–H and O–H groups in total. The molecule has 5 heteroatoms. The van der Waals surface area contributed by atoms with Gasteiger partial charge in [-0.15, -0.1) is 13.2 Å². The van der Waals surface area contributed by atoms with Gasteiger partial charge in [0.05, 0.1) is 6.54 Å². The van der Waals surface area contributed by atoms with Crippen LogP contribution in [-0.2, 0) is 4.79 Å². The van der Waals surface area contributed by atoms with Crippen molar-refractivity contribution in [3.63, 3.8) is 0 Å². The molecule has 0 aliphatic heterocycles. The van der Waals surface area contributed by atoms with Crippen molar-refractivity contribution in [3.8, 4) is 0 Å². The zero-order valence-electron chi connectivity index (χ0n) is 11.5. The van der Waals surface area contributed by atoms with Gasteiger partial charge in [0.2, 0.25) is 5.91 Å². The summed E-state index contributed by atoms with van der Waals surface area (Å²) >= 11 is 0. The summed E-state index contributed by atoms with van der Waals surface area (Å²) in [4.78, 5) is 24.9. The molecule has 0 saturated heterocycles. The van der Waals surface area contributed by atoms with Gasteiger partial charge in [-0.05, 0) is 20.8 Å². The van der Waals surface area contributed by atoms with E-state index in [1.807, 2.05) is 25.7 Å². The van der Waals surface area contributed by atoms with E-state index >= 15 is 0 Å². The van der Waals surface area contributed by atoms with Crippen LogP contribution in [0.5, 0.6) is 0 Å². The van der Waals surface area contributed by atoms with E-state index in [1.165, 1.54) is 0 Å². The average Bonchev–Trinajstić information content (AvgIpc) is 2.14. The summed E-state index contributed by atoms with van der Waals surface area (Å²) in [6.07, 6.45) is 3.40. The summed E-state index contributed by atoms with van der Waals surface area (Å²) < 4.78 is 0. The molecule has 0 spiro atoms. The molecule has 0 aliphatic rings. The third-order valence-corrected chi connectivity index (χ3v) is 1.88. The van der Waals surface area contributed by atoms with Gasteiger partial charge < -0.3 is 5.32 Å². The number of urea groups is 1. The van der Waals surface area contributed by atoms with Gasteiger partial charge in [-0.1, -0.05) is 12.2 Å². The van der Waals surface area contributed by atoms with Crippen molar-refractivity contribution in [3.05, 3.63) is 25.3 Å². The lowest BCUT2D eigenvalue weighted by Gasteiger charge is -2.21. The highest BCUT2D eigenvalue weighted by atomic mass is 16.2. The Labute approximate surface area is 109 Å². The Morgan fingerprint density at radius 3 is 2.06 bits per heavy atom. The van der Waals surface area contributed by atoms with Crippen molar-refractivity contribution in [1.29, 1.82) is 0 Å². The molecule has 0 atom stereocenters. The maximum atomic E-state index is 11.6. The zero-order valence-corrected chi connectivity index (χ0v) is 11.5. The first kappa shape index (κ1) is 16.4. The molecule has 5 nitrogen and oxygen atoms in total. The first-order valence-electron chi connectivity index (χ1n) is 5.84. The lowest BCUT2D eigenvalue weighted by molar-refractivity contribution is -0.120. The summed E-state index contributed by atoms with van der Waals surface area (Å²) in [6, 6.07) is -0.482. The highest BCUT2D eigenvalue weighted by Gasteiger charge is 2.16. The Kier molecular flexibility index (Phi) is 6.97. The molecule has 0 unspecified atom stereocenters. The maximum absolute atomic E-state index is 11.6. The molecule has 0 fully saturated rings. The standard InChI is InChI=1S/C13H23N3O2/c1-6-8-16(9-7-2)10-11(17)14-12(18)15-13(3,4)5/h6-7H,1-2,8-10H2,3-5H3,(H2,14,15,17,18). The normalized spacial score (nSPS) is 10.9. The van der Waals surface area contributed by atoms with Crippen LogP contribution in [0.1, 0.15) is 20.8 Å². The van der Waals surface area contributed by atoms with Crippen LogP contribution < -0.4 is 10.6 Å². The van der Waals surface area contributed by atoms with Gasteiger partial charge in [0.1, 0.15) is 0 Å². The van der Waals surface area contributed by atoms with E-state index in [0.29, 0.717) is 13.1 Å². The monoisotopic (exact) mass is 253 g/mol. The molecule has 0 bridgehead atoms. The van der Waals surface area contributed by atoms with Gasteiger partial charge in [0.25, 0.3) is 0 Å². The van der Waals surface area contributed by atoms with E-state index in [9.17, 15) is 9.59 Å². The second kappa shape index (κ2) is 7.66. The predicted molar refractivity (Wildman–Crippen MR) is 73.3 cm³/mol. The summed E-state index contributed by atoms with van der Waals surface area (Å²) in [6.45, 7) is 14.0. The third kappa shape index (κ3) is 8.52. The summed E-state index contributed by atoms with van der Waals surface area (Å²) in [5, 5.41) is 4.94. The van der Waals surface area contributed by atoms with Crippen molar-refractivity contribution in [2.24, 2.45) is 0 Å². The SMILES string of the molecule is C=CCN(CC=C)CC(=O)NC(=O)NC(C)(C)C. The molecule has 0 aromatic rings. The fourth-order valence-electron chi connectivity index (χ4n) is 1.31. The van der Waals surface area contributed by atoms with Gasteiger partial charge >= 0.3 is 6.03 Å². The number of hydrogen-bond donors (Lipinski definition) is 2. The Balaban J connectivity index is 4.19. The van der Waals surface area contributed by atoms with E-state index in [0.717, 1.165) is 0 Å². The van der Waals surface area contributed by atoms with Gasteiger partial charge in [0.15, 0.2) is 0 Å². The van der Waals surface area contributed by atoms with Crippen LogP contribution in [0.3, 0.4) is 0 Å². The quantitative estimate of drug-likeness (QED) is 0.701. The van der Waals surface area contributed by atoms with Crippen molar-refractivity contribution in [2.75, 3.05) is 19.6 Å². The van der Waals surface area contributed by atoms with Crippen LogP contribution >= 0.6 is 0 Å². The molecular weight excluding hydrogens is 230 g/mol. The predicted octanol–water partition coefficient (Wildman–Crippen LogP) is 1.28. The number of nitrogens with one attached hydrogen (secondary N) is 2. The topological polar surface area (TPSA) is 61.4 Å². The van der Waals surface area contributed by atoms with E-state index in [1.54, 1.807) is 12.2 Å². The van der Waals surface area contributed by atoms with Crippen LogP contribution in [0.25, 0.3) is 0 Å². The minimum absolute atomic E-state index is 0.135. The Bertz CT molecular complexity index is 309. The number of rotatable bonds is 6. The van der Waals surface area contributed by atoms with Crippen LogP contribution in [0.4, 0.5) is 4.79 Å². The maximum Gasteiger partial charge on any atom is 0.321 e. The lowest BCUT2D eigenvalue weighted by atomic mass is 10.1. The highest BCUT2D eigenvalue weighted by Crippen LogP contribution is 1.97. The number of imide groups is 1. The molecule has 18 heavy (non-hydrogen) atoms. The smallest absolute Gasteiger partial charge is 0.321 e. The largest absolute Gasteiger partial charge is 0.333 e. The molecule has 0 radical (unpaired) electrons.